The lowest BCUT2D eigenvalue weighted by molar-refractivity contribution is 0.296. The lowest BCUT2D eigenvalue weighted by Crippen LogP contribution is -2.31. The van der Waals surface area contributed by atoms with Crippen LogP contribution < -0.4 is 25.3 Å². The van der Waals surface area contributed by atoms with E-state index < -0.39 is 0 Å². The molecule has 0 spiro atoms. The molecule has 1 unspecified atom stereocenters. The molecular formula is C27H32N2O3. The maximum absolute atomic E-state index is 6.21. The van der Waals surface area contributed by atoms with Gasteiger partial charge in [-0.3, -0.25) is 0 Å². The summed E-state index contributed by atoms with van der Waals surface area (Å²) in [4.78, 5) is 0. The van der Waals surface area contributed by atoms with Crippen molar-refractivity contribution < 1.29 is 14.2 Å². The number of anilines is 1. The van der Waals surface area contributed by atoms with Gasteiger partial charge in [-0.05, 0) is 72.4 Å². The number of aryl methyl sites for hydroxylation is 2. The van der Waals surface area contributed by atoms with E-state index >= 15 is 0 Å². The fraction of sp³-hybridized carbons (Fsp3) is 0.333. The Kier molecular flexibility index (Phi) is 6.56. The lowest BCUT2D eigenvalue weighted by atomic mass is 9.87. The molecule has 0 saturated carbocycles. The number of rotatable bonds is 7. The van der Waals surface area contributed by atoms with Crippen molar-refractivity contribution in [3.63, 3.8) is 0 Å². The molecule has 5 nitrogen and oxygen atoms in total. The topological polar surface area (TPSA) is 65.7 Å². The van der Waals surface area contributed by atoms with Gasteiger partial charge >= 0.3 is 0 Å². The standard InChI is InChI=1S/C27H32N2O3/c1-17-5-7-21(18(2)13-17)27-22-16-26(25(31-4)15-20(22)9-11-29-27)32-12-10-19-6-8-23(28)24(14-19)30-3/h5-8,13-16,27,29H,9-12,28H2,1-4H3. The van der Waals surface area contributed by atoms with Crippen molar-refractivity contribution in [1.82, 2.24) is 5.32 Å². The average molecular weight is 433 g/mol. The first kappa shape index (κ1) is 22.0. The highest BCUT2D eigenvalue weighted by Crippen LogP contribution is 2.38. The zero-order chi connectivity index (χ0) is 22.7. The number of hydrogen-bond acceptors (Lipinski definition) is 5. The van der Waals surface area contributed by atoms with Gasteiger partial charge in [0.2, 0.25) is 0 Å². The molecule has 0 amide bonds. The van der Waals surface area contributed by atoms with Crippen LogP contribution in [0.25, 0.3) is 0 Å². The first-order valence-electron chi connectivity index (χ1n) is 11.1. The average Bonchev–Trinajstić information content (AvgIpc) is 2.79. The molecule has 5 heteroatoms. The molecule has 1 aliphatic heterocycles. The Morgan fingerprint density at radius 3 is 2.47 bits per heavy atom. The van der Waals surface area contributed by atoms with Gasteiger partial charge in [-0.15, -0.1) is 0 Å². The third kappa shape index (κ3) is 4.53. The van der Waals surface area contributed by atoms with E-state index in [1.807, 2.05) is 18.2 Å². The van der Waals surface area contributed by atoms with Gasteiger partial charge in [0.15, 0.2) is 11.5 Å². The minimum atomic E-state index is 0.147. The molecule has 1 aliphatic rings. The Morgan fingerprint density at radius 2 is 1.72 bits per heavy atom. The molecule has 168 valence electrons. The van der Waals surface area contributed by atoms with E-state index in [2.05, 4.69) is 49.5 Å². The summed E-state index contributed by atoms with van der Waals surface area (Å²) in [5.74, 6) is 2.24. The molecule has 0 aliphatic carbocycles. The molecule has 0 aromatic heterocycles. The van der Waals surface area contributed by atoms with E-state index in [-0.39, 0.29) is 6.04 Å². The molecule has 0 fully saturated rings. The van der Waals surface area contributed by atoms with E-state index in [1.54, 1.807) is 14.2 Å². The molecular weight excluding hydrogens is 400 g/mol. The SMILES string of the molecule is COc1cc(CCOc2cc3c(cc2OC)CCNC3c2ccc(C)cc2C)ccc1N. The number of nitrogens with one attached hydrogen (secondary N) is 1. The molecule has 4 rings (SSSR count). The van der Waals surface area contributed by atoms with Gasteiger partial charge in [0.1, 0.15) is 5.75 Å². The number of nitrogens with two attached hydrogens (primary N) is 1. The molecule has 1 heterocycles. The third-order valence-corrected chi connectivity index (χ3v) is 6.16. The minimum Gasteiger partial charge on any atom is -0.495 e. The molecule has 1 atom stereocenters. The first-order valence-corrected chi connectivity index (χ1v) is 11.1. The summed E-state index contributed by atoms with van der Waals surface area (Å²) in [5, 5.41) is 3.69. The predicted molar refractivity (Wildman–Crippen MR) is 129 cm³/mol. The van der Waals surface area contributed by atoms with Crippen molar-refractivity contribution in [2.75, 3.05) is 33.1 Å². The van der Waals surface area contributed by atoms with Crippen molar-refractivity contribution in [2.24, 2.45) is 0 Å². The molecule has 0 saturated heterocycles. The normalized spacial score (nSPS) is 15.2. The molecule has 32 heavy (non-hydrogen) atoms. The number of nitrogen functional groups attached to an aromatic ring is 1. The molecule has 3 aromatic carbocycles. The van der Waals surface area contributed by atoms with Crippen molar-refractivity contribution >= 4 is 5.69 Å². The van der Waals surface area contributed by atoms with Crippen LogP contribution >= 0.6 is 0 Å². The number of methoxy groups -OCH3 is 2. The zero-order valence-corrected chi connectivity index (χ0v) is 19.3. The summed E-state index contributed by atoms with van der Waals surface area (Å²) in [5.41, 5.74) is 14.1. The fourth-order valence-electron chi connectivity index (χ4n) is 4.45. The van der Waals surface area contributed by atoms with Crippen LogP contribution in [-0.2, 0) is 12.8 Å². The Morgan fingerprint density at radius 1 is 0.906 bits per heavy atom. The second kappa shape index (κ2) is 9.53. The van der Waals surface area contributed by atoms with Gasteiger partial charge in [0.05, 0.1) is 32.6 Å². The van der Waals surface area contributed by atoms with Crippen LogP contribution in [0.3, 0.4) is 0 Å². The summed E-state index contributed by atoms with van der Waals surface area (Å²) in [7, 11) is 3.33. The number of fused-ring (bicyclic) bond motifs is 1. The number of ether oxygens (including phenoxy) is 3. The number of benzene rings is 3. The summed E-state index contributed by atoms with van der Waals surface area (Å²) >= 11 is 0. The highest BCUT2D eigenvalue weighted by atomic mass is 16.5. The zero-order valence-electron chi connectivity index (χ0n) is 19.3. The highest BCUT2D eigenvalue weighted by Gasteiger charge is 2.25. The first-order chi connectivity index (χ1) is 15.5. The Balaban J connectivity index is 1.58. The third-order valence-electron chi connectivity index (χ3n) is 6.16. The van der Waals surface area contributed by atoms with Gasteiger partial charge < -0.3 is 25.3 Å². The van der Waals surface area contributed by atoms with Crippen molar-refractivity contribution in [3.8, 4) is 17.2 Å². The summed E-state index contributed by atoms with van der Waals surface area (Å²) in [6.07, 6.45) is 1.72. The van der Waals surface area contributed by atoms with E-state index in [1.165, 1.54) is 27.8 Å². The van der Waals surface area contributed by atoms with Crippen LogP contribution in [0.4, 0.5) is 5.69 Å². The van der Waals surface area contributed by atoms with Crippen LogP contribution in [0.1, 0.15) is 39.4 Å². The van der Waals surface area contributed by atoms with Crippen molar-refractivity contribution in [2.45, 2.75) is 32.7 Å². The second-order valence-corrected chi connectivity index (χ2v) is 8.37. The largest absolute Gasteiger partial charge is 0.495 e. The maximum atomic E-state index is 6.21. The van der Waals surface area contributed by atoms with E-state index in [4.69, 9.17) is 19.9 Å². The Bertz CT molecular complexity index is 1110. The molecule has 3 aromatic rings. The number of hydrogen-bond donors (Lipinski definition) is 2. The maximum Gasteiger partial charge on any atom is 0.161 e. The van der Waals surface area contributed by atoms with E-state index in [9.17, 15) is 0 Å². The van der Waals surface area contributed by atoms with Crippen LogP contribution in [-0.4, -0.2) is 27.4 Å². The quantitative estimate of drug-likeness (QED) is 0.527. The van der Waals surface area contributed by atoms with Crippen LogP contribution in [0.5, 0.6) is 17.2 Å². The molecule has 0 bridgehead atoms. The second-order valence-electron chi connectivity index (χ2n) is 8.37. The van der Waals surface area contributed by atoms with Gasteiger partial charge in [0.25, 0.3) is 0 Å². The predicted octanol–water partition coefficient (Wildman–Crippen LogP) is 4.76. The summed E-state index contributed by atoms with van der Waals surface area (Å²) in [6.45, 7) is 5.78. The summed E-state index contributed by atoms with van der Waals surface area (Å²) < 4.78 is 17.2. The fourth-order valence-corrected chi connectivity index (χ4v) is 4.45. The molecule has 3 N–H and O–H groups in total. The monoisotopic (exact) mass is 432 g/mol. The van der Waals surface area contributed by atoms with Crippen LogP contribution in [0.15, 0.2) is 48.5 Å². The van der Waals surface area contributed by atoms with Crippen LogP contribution in [0.2, 0.25) is 0 Å². The van der Waals surface area contributed by atoms with Crippen molar-refractivity contribution in [1.29, 1.82) is 0 Å². The lowest BCUT2D eigenvalue weighted by Gasteiger charge is -2.30. The Hall–Kier alpha value is -3.18. The summed E-state index contributed by atoms with van der Waals surface area (Å²) in [6, 6.07) is 16.9. The van der Waals surface area contributed by atoms with Gasteiger partial charge in [0, 0.05) is 13.0 Å². The van der Waals surface area contributed by atoms with Crippen molar-refractivity contribution in [3.05, 3.63) is 81.9 Å². The van der Waals surface area contributed by atoms with Gasteiger partial charge in [-0.1, -0.05) is 29.8 Å². The van der Waals surface area contributed by atoms with Gasteiger partial charge in [-0.25, -0.2) is 0 Å². The minimum absolute atomic E-state index is 0.147. The van der Waals surface area contributed by atoms with Crippen LogP contribution in [0, 0.1) is 13.8 Å². The highest BCUT2D eigenvalue weighted by molar-refractivity contribution is 5.54. The molecule has 0 radical (unpaired) electrons. The van der Waals surface area contributed by atoms with E-state index in [0.29, 0.717) is 18.0 Å². The Labute approximate surface area is 190 Å². The van der Waals surface area contributed by atoms with Gasteiger partial charge in [-0.2, -0.15) is 0 Å². The van der Waals surface area contributed by atoms with E-state index in [0.717, 1.165) is 36.4 Å². The smallest absolute Gasteiger partial charge is 0.161 e.